The van der Waals surface area contributed by atoms with Gasteiger partial charge in [0.25, 0.3) is 0 Å². The van der Waals surface area contributed by atoms with Crippen molar-refractivity contribution in [2.24, 2.45) is 0 Å². The Kier molecular flexibility index (Phi) is 7.99. The van der Waals surface area contributed by atoms with Crippen molar-refractivity contribution in [1.29, 1.82) is 5.26 Å². The number of amides is 1. The van der Waals surface area contributed by atoms with E-state index in [2.05, 4.69) is 6.07 Å². The van der Waals surface area contributed by atoms with E-state index in [0.29, 0.717) is 22.1 Å². The molecule has 4 rings (SSSR count). The van der Waals surface area contributed by atoms with E-state index in [1.165, 1.54) is 0 Å². The molecule has 0 bridgehead atoms. The lowest BCUT2D eigenvalue weighted by molar-refractivity contribution is -0.118. The molecule has 0 aromatic heterocycles. The molecule has 1 atom stereocenters. The average Bonchev–Trinajstić information content (AvgIpc) is 2.89. The van der Waals surface area contributed by atoms with E-state index in [4.69, 9.17) is 21.1 Å². The van der Waals surface area contributed by atoms with Gasteiger partial charge < -0.3 is 19.3 Å². The quantitative estimate of drug-likeness (QED) is 0.321. The minimum Gasteiger partial charge on any atom is -0.493 e. The summed E-state index contributed by atoms with van der Waals surface area (Å²) < 4.78 is 11.7. The number of ether oxygens (including phenoxy) is 2. The van der Waals surface area contributed by atoms with E-state index in [-0.39, 0.29) is 18.4 Å². The molecule has 0 fully saturated rings. The Morgan fingerprint density at radius 1 is 1.08 bits per heavy atom. The molecule has 0 radical (unpaired) electrons. The second kappa shape index (κ2) is 11.2. The predicted octanol–water partition coefficient (Wildman–Crippen LogP) is 6.63. The van der Waals surface area contributed by atoms with Gasteiger partial charge in [-0.15, -0.1) is 0 Å². The monoisotopic (exact) mass is 529 g/mol. The van der Waals surface area contributed by atoms with Crippen molar-refractivity contribution in [2.45, 2.75) is 39.3 Å². The van der Waals surface area contributed by atoms with Gasteiger partial charge in [-0.05, 0) is 79.4 Å². The molecule has 3 aromatic carbocycles. The SMILES string of the molecule is COc1cc2c(cc1OC(C)C)[C@H](c1ccc(Cl)cc1)N(c1ccc(/C(C#N)=C(/C)N(C)C)cc1)C(=O)C2. The van der Waals surface area contributed by atoms with Crippen molar-refractivity contribution < 1.29 is 14.3 Å². The van der Waals surface area contributed by atoms with Crippen LogP contribution in [-0.2, 0) is 11.2 Å². The second-order valence-corrected chi connectivity index (χ2v) is 10.2. The van der Waals surface area contributed by atoms with Crippen LogP contribution in [0.15, 0.2) is 66.4 Å². The van der Waals surface area contributed by atoms with Crippen LogP contribution >= 0.6 is 11.6 Å². The number of fused-ring (bicyclic) bond motifs is 1. The molecule has 1 heterocycles. The van der Waals surface area contributed by atoms with Crippen LogP contribution in [0.3, 0.4) is 0 Å². The Balaban J connectivity index is 1.87. The number of carbonyl (C=O) groups is 1. The smallest absolute Gasteiger partial charge is 0.232 e. The third-order valence-electron chi connectivity index (χ3n) is 6.72. The molecule has 196 valence electrons. The first-order valence-electron chi connectivity index (χ1n) is 12.5. The largest absolute Gasteiger partial charge is 0.493 e. The van der Waals surface area contributed by atoms with Gasteiger partial charge in [0.2, 0.25) is 5.91 Å². The molecule has 0 aliphatic carbocycles. The number of halogens is 1. The van der Waals surface area contributed by atoms with Crippen molar-refractivity contribution >= 4 is 28.8 Å². The lowest BCUT2D eigenvalue weighted by Crippen LogP contribution is -2.41. The van der Waals surface area contributed by atoms with Gasteiger partial charge in [-0.3, -0.25) is 4.79 Å². The lowest BCUT2D eigenvalue weighted by Gasteiger charge is -2.38. The number of anilines is 1. The van der Waals surface area contributed by atoms with E-state index >= 15 is 0 Å². The first kappa shape index (κ1) is 27.1. The molecular weight excluding hydrogens is 498 g/mol. The van der Waals surface area contributed by atoms with Gasteiger partial charge in [0.15, 0.2) is 11.5 Å². The molecule has 3 aromatic rings. The van der Waals surface area contributed by atoms with Crippen molar-refractivity contribution in [2.75, 3.05) is 26.1 Å². The fraction of sp³-hybridized carbons (Fsp3) is 0.290. The maximum atomic E-state index is 13.7. The highest BCUT2D eigenvalue weighted by Crippen LogP contribution is 2.44. The molecular formula is C31H32ClN3O3. The van der Waals surface area contributed by atoms with Crippen LogP contribution < -0.4 is 14.4 Å². The number of rotatable bonds is 7. The zero-order chi connectivity index (χ0) is 27.6. The second-order valence-electron chi connectivity index (χ2n) is 9.78. The summed E-state index contributed by atoms with van der Waals surface area (Å²) in [5, 5.41) is 10.4. The van der Waals surface area contributed by atoms with E-state index in [1.807, 2.05) is 105 Å². The normalized spacial score (nSPS) is 15.5. The van der Waals surface area contributed by atoms with Crippen LogP contribution in [0.4, 0.5) is 5.69 Å². The average molecular weight is 530 g/mol. The van der Waals surface area contributed by atoms with Crippen LogP contribution in [0, 0.1) is 11.3 Å². The number of allylic oxidation sites excluding steroid dienone is 2. The zero-order valence-corrected chi connectivity index (χ0v) is 23.3. The number of hydrogen-bond donors (Lipinski definition) is 0. The Hall–Kier alpha value is -3.95. The number of hydrogen-bond acceptors (Lipinski definition) is 5. The summed E-state index contributed by atoms with van der Waals surface area (Å²) in [4.78, 5) is 17.4. The summed E-state index contributed by atoms with van der Waals surface area (Å²) in [7, 11) is 5.42. The van der Waals surface area contributed by atoms with E-state index < -0.39 is 6.04 Å². The van der Waals surface area contributed by atoms with Gasteiger partial charge in [-0.25, -0.2) is 0 Å². The molecule has 0 unspecified atom stereocenters. The van der Waals surface area contributed by atoms with Crippen LogP contribution in [0.25, 0.3) is 5.57 Å². The van der Waals surface area contributed by atoms with E-state index in [9.17, 15) is 10.1 Å². The highest BCUT2D eigenvalue weighted by atomic mass is 35.5. The Morgan fingerprint density at radius 2 is 1.74 bits per heavy atom. The lowest BCUT2D eigenvalue weighted by atomic mass is 9.86. The molecule has 1 amide bonds. The number of methoxy groups -OCH3 is 1. The summed E-state index contributed by atoms with van der Waals surface area (Å²) in [6, 6.07) is 20.9. The number of nitriles is 1. The summed E-state index contributed by atoms with van der Waals surface area (Å²) in [6.45, 7) is 5.85. The minimum atomic E-state index is -0.399. The van der Waals surface area contributed by atoms with Crippen molar-refractivity contribution in [3.8, 4) is 17.6 Å². The maximum Gasteiger partial charge on any atom is 0.232 e. The van der Waals surface area contributed by atoms with Crippen LogP contribution in [0.5, 0.6) is 11.5 Å². The summed E-state index contributed by atoms with van der Waals surface area (Å²) in [5.74, 6) is 1.20. The van der Waals surface area contributed by atoms with Gasteiger partial charge in [0.05, 0.1) is 31.2 Å². The molecule has 38 heavy (non-hydrogen) atoms. The molecule has 0 saturated heterocycles. The number of benzene rings is 3. The molecule has 0 saturated carbocycles. The van der Waals surface area contributed by atoms with Crippen LogP contribution in [-0.4, -0.2) is 38.1 Å². The zero-order valence-electron chi connectivity index (χ0n) is 22.6. The summed E-state index contributed by atoms with van der Waals surface area (Å²) >= 11 is 6.21. The molecule has 1 aliphatic rings. The first-order valence-corrected chi connectivity index (χ1v) is 12.9. The topological polar surface area (TPSA) is 65.8 Å². The fourth-order valence-corrected chi connectivity index (χ4v) is 4.82. The summed E-state index contributed by atoms with van der Waals surface area (Å²) in [5.41, 5.74) is 5.79. The van der Waals surface area contributed by atoms with Crippen molar-refractivity contribution in [3.63, 3.8) is 0 Å². The molecule has 0 spiro atoms. The first-order chi connectivity index (χ1) is 18.1. The van der Waals surface area contributed by atoms with Gasteiger partial charge in [-0.1, -0.05) is 35.9 Å². The summed E-state index contributed by atoms with van der Waals surface area (Å²) in [6.07, 6.45) is 0.181. The Morgan fingerprint density at radius 3 is 2.29 bits per heavy atom. The predicted molar refractivity (Wildman–Crippen MR) is 152 cm³/mol. The molecule has 1 aliphatic heterocycles. The van der Waals surface area contributed by atoms with Gasteiger partial charge in [0, 0.05) is 30.5 Å². The van der Waals surface area contributed by atoms with Crippen molar-refractivity contribution in [1.82, 2.24) is 4.90 Å². The minimum absolute atomic E-state index is 0.0368. The van der Waals surface area contributed by atoms with E-state index in [0.717, 1.165) is 33.6 Å². The standard InChI is InChI=1S/C31H32ClN3O3/c1-19(2)38-29-17-26-23(15-28(29)37-6)16-30(36)35(31(26)22-7-11-24(32)12-8-22)25-13-9-21(10-14-25)27(18-33)20(3)34(4)5/h7-15,17,19,31H,16H2,1-6H3/b27-20-/t31-/m0/s1. The molecule has 0 N–H and O–H groups in total. The highest BCUT2D eigenvalue weighted by molar-refractivity contribution is 6.30. The van der Waals surface area contributed by atoms with Gasteiger partial charge in [0.1, 0.15) is 6.07 Å². The highest BCUT2D eigenvalue weighted by Gasteiger charge is 2.36. The Labute approximate surface area is 229 Å². The number of carbonyl (C=O) groups excluding carboxylic acids is 1. The third kappa shape index (κ3) is 5.34. The van der Waals surface area contributed by atoms with E-state index in [1.54, 1.807) is 7.11 Å². The Bertz CT molecular complexity index is 1400. The third-order valence-corrected chi connectivity index (χ3v) is 6.97. The van der Waals surface area contributed by atoms with Crippen molar-refractivity contribution in [3.05, 3.63) is 93.6 Å². The van der Waals surface area contributed by atoms with Crippen LogP contribution in [0.2, 0.25) is 5.02 Å². The molecule has 7 heteroatoms. The van der Waals surface area contributed by atoms with Gasteiger partial charge in [-0.2, -0.15) is 5.26 Å². The van der Waals surface area contributed by atoms with Gasteiger partial charge >= 0.3 is 0 Å². The molecule has 6 nitrogen and oxygen atoms in total. The fourth-order valence-electron chi connectivity index (χ4n) is 4.70. The number of nitrogens with zero attached hydrogens (tertiary/aromatic N) is 3. The maximum absolute atomic E-state index is 13.7. The van der Waals surface area contributed by atoms with Crippen LogP contribution in [0.1, 0.15) is 49.1 Å².